The molecule has 2 N–H and O–H groups in total. The van der Waals surface area contributed by atoms with E-state index in [1.54, 1.807) is 35.6 Å². The summed E-state index contributed by atoms with van der Waals surface area (Å²) in [6.07, 6.45) is 4.90. The molecule has 1 aliphatic rings. The first kappa shape index (κ1) is 16.8. The number of hydrogen-bond acceptors (Lipinski definition) is 4. The molecule has 0 bridgehead atoms. The lowest BCUT2D eigenvalue weighted by molar-refractivity contribution is 0.0697. The van der Waals surface area contributed by atoms with E-state index in [0.717, 1.165) is 22.9 Å². The molecule has 0 radical (unpaired) electrons. The predicted octanol–water partition coefficient (Wildman–Crippen LogP) is 5.44. The molecule has 5 heteroatoms. The maximum Gasteiger partial charge on any atom is 0.335 e. The number of carboxylic acid groups (broad SMARTS) is 1. The highest BCUT2D eigenvalue weighted by molar-refractivity contribution is 7.16. The second kappa shape index (κ2) is 6.92. The van der Waals surface area contributed by atoms with Crippen LogP contribution in [0, 0.1) is 6.92 Å². The van der Waals surface area contributed by atoms with Crippen molar-refractivity contribution in [1.29, 1.82) is 0 Å². The monoisotopic (exact) mass is 364 g/mol. The number of anilines is 2. The van der Waals surface area contributed by atoms with Gasteiger partial charge in [-0.1, -0.05) is 12.1 Å². The number of aryl methyl sites for hydroxylation is 3. The SMILES string of the molecule is Cc1sc(Nc2ccc(C(=O)O)cc2)nc1-c1ccc2c(c1)CCCC2. The van der Waals surface area contributed by atoms with Crippen molar-refractivity contribution in [3.63, 3.8) is 0 Å². The summed E-state index contributed by atoms with van der Waals surface area (Å²) < 4.78 is 0. The summed E-state index contributed by atoms with van der Waals surface area (Å²) in [4.78, 5) is 16.9. The normalized spacial score (nSPS) is 13.3. The van der Waals surface area contributed by atoms with Gasteiger partial charge in [0, 0.05) is 16.1 Å². The Hall–Kier alpha value is -2.66. The maximum atomic E-state index is 10.9. The number of carboxylic acids is 1. The number of aromatic nitrogens is 1. The summed E-state index contributed by atoms with van der Waals surface area (Å²) in [5.74, 6) is -0.920. The van der Waals surface area contributed by atoms with Crippen LogP contribution in [0.5, 0.6) is 0 Å². The lowest BCUT2D eigenvalue weighted by Gasteiger charge is -2.16. The Balaban J connectivity index is 1.58. The fourth-order valence-corrected chi connectivity index (χ4v) is 4.27. The van der Waals surface area contributed by atoms with Crippen molar-refractivity contribution in [3.8, 4) is 11.3 Å². The van der Waals surface area contributed by atoms with Crippen LogP contribution in [0.25, 0.3) is 11.3 Å². The molecule has 1 aromatic heterocycles. The third kappa shape index (κ3) is 3.35. The van der Waals surface area contributed by atoms with Crippen LogP contribution in [0.3, 0.4) is 0 Å². The van der Waals surface area contributed by atoms with Gasteiger partial charge in [-0.05, 0) is 74.1 Å². The Morgan fingerprint density at radius 3 is 2.54 bits per heavy atom. The molecule has 0 amide bonds. The largest absolute Gasteiger partial charge is 0.478 e. The summed E-state index contributed by atoms with van der Waals surface area (Å²) in [5.41, 5.74) is 6.24. The molecule has 0 saturated carbocycles. The van der Waals surface area contributed by atoms with Crippen molar-refractivity contribution in [1.82, 2.24) is 4.98 Å². The van der Waals surface area contributed by atoms with E-state index in [4.69, 9.17) is 10.1 Å². The maximum absolute atomic E-state index is 10.9. The van der Waals surface area contributed by atoms with E-state index in [1.165, 1.54) is 40.8 Å². The zero-order valence-electron chi connectivity index (χ0n) is 14.6. The van der Waals surface area contributed by atoms with E-state index in [2.05, 4.69) is 30.4 Å². The third-order valence-corrected chi connectivity index (χ3v) is 5.69. The van der Waals surface area contributed by atoms with Crippen molar-refractivity contribution in [2.45, 2.75) is 32.6 Å². The van der Waals surface area contributed by atoms with Crippen molar-refractivity contribution >= 4 is 28.1 Å². The first-order valence-corrected chi connectivity index (χ1v) is 9.62. The van der Waals surface area contributed by atoms with Crippen LogP contribution in [0.15, 0.2) is 42.5 Å². The fraction of sp³-hybridized carbons (Fsp3) is 0.238. The van der Waals surface area contributed by atoms with Crippen LogP contribution >= 0.6 is 11.3 Å². The molecule has 0 spiro atoms. The van der Waals surface area contributed by atoms with E-state index in [0.29, 0.717) is 0 Å². The molecule has 0 aliphatic heterocycles. The van der Waals surface area contributed by atoms with Crippen molar-refractivity contribution in [2.75, 3.05) is 5.32 Å². The number of hydrogen-bond donors (Lipinski definition) is 2. The topological polar surface area (TPSA) is 62.2 Å². The molecule has 4 nitrogen and oxygen atoms in total. The van der Waals surface area contributed by atoms with Gasteiger partial charge in [-0.2, -0.15) is 0 Å². The number of nitrogens with one attached hydrogen (secondary N) is 1. The number of nitrogens with zero attached hydrogens (tertiary/aromatic N) is 1. The number of thiazole rings is 1. The highest BCUT2D eigenvalue weighted by Gasteiger charge is 2.14. The minimum absolute atomic E-state index is 0.278. The minimum atomic E-state index is -0.920. The highest BCUT2D eigenvalue weighted by atomic mass is 32.1. The van der Waals surface area contributed by atoms with Crippen molar-refractivity contribution in [3.05, 3.63) is 64.0 Å². The number of rotatable bonds is 4. The van der Waals surface area contributed by atoms with Gasteiger partial charge >= 0.3 is 5.97 Å². The fourth-order valence-electron chi connectivity index (χ4n) is 3.42. The number of fused-ring (bicyclic) bond motifs is 1. The van der Waals surface area contributed by atoms with Gasteiger partial charge in [-0.25, -0.2) is 9.78 Å². The molecule has 0 atom stereocenters. The zero-order valence-corrected chi connectivity index (χ0v) is 15.4. The Kier molecular flexibility index (Phi) is 4.47. The average molecular weight is 364 g/mol. The Bertz CT molecular complexity index is 961. The van der Waals surface area contributed by atoms with E-state index in [1.807, 2.05) is 0 Å². The van der Waals surface area contributed by atoms with Gasteiger partial charge in [0.2, 0.25) is 0 Å². The smallest absolute Gasteiger partial charge is 0.335 e. The van der Waals surface area contributed by atoms with Crippen LogP contribution < -0.4 is 5.32 Å². The molecule has 0 unspecified atom stereocenters. The van der Waals surface area contributed by atoms with Crippen LogP contribution in [0.2, 0.25) is 0 Å². The second-order valence-electron chi connectivity index (χ2n) is 6.62. The van der Waals surface area contributed by atoms with Crippen LogP contribution in [0.4, 0.5) is 10.8 Å². The number of benzene rings is 2. The standard InChI is InChI=1S/C21H20N2O2S/c1-13-19(17-7-6-14-4-2-3-5-16(14)12-17)23-21(26-13)22-18-10-8-15(9-11-18)20(24)25/h6-12H,2-5H2,1H3,(H,22,23)(H,24,25). The summed E-state index contributed by atoms with van der Waals surface area (Å²) in [6.45, 7) is 2.09. The summed E-state index contributed by atoms with van der Waals surface area (Å²) in [5, 5.41) is 13.1. The van der Waals surface area contributed by atoms with E-state index >= 15 is 0 Å². The number of carbonyl (C=O) groups is 1. The lowest BCUT2D eigenvalue weighted by Crippen LogP contribution is -2.02. The summed E-state index contributed by atoms with van der Waals surface area (Å²) >= 11 is 1.61. The molecule has 2 aromatic carbocycles. The van der Waals surface area contributed by atoms with E-state index < -0.39 is 5.97 Å². The summed E-state index contributed by atoms with van der Waals surface area (Å²) in [7, 11) is 0. The molecular formula is C21H20N2O2S. The molecule has 0 fully saturated rings. The average Bonchev–Trinajstić information content (AvgIpc) is 3.02. The Morgan fingerprint density at radius 1 is 1.08 bits per heavy atom. The summed E-state index contributed by atoms with van der Waals surface area (Å²) in [6, 6.07) is 13.4. The van der Waals surface area contributed by atoms with Crippen LogP contribution in [-0.2, 0) is 12.8 Å². The molecule has 0 saturated heterocycles. The first-order chi connectivity index (χ1) is 12.6. The molecular weight excluding hydrogens is 344 g/mol. The van der Waals surface area contributed by atoms with Crippen LogP contribution in [-0.4, -0.2) is 16.1 Å². The van der Waals surface area contributed by atoms with Gasteiger partial charge in [0.05, 0.1) is 11.3 Å². The van der Waals surface area contributed by atoms with Crippen molar-refractivity contribution < 1.29 is 9.90 Å². The van der Waals surface area contributed by atoms with Gasteiger partial charge in [-0.15, -0.1) is 11.3 Å². The second-order valence-corrected chi connectivity index (χ2v) is 7.83. The minimum Gasteiger partial charge on any atom is -0.478 e. The molecule has 3 aromatic rings. The van der Waals surface area contributed by atoms with Gasteiger partial charge in [0.1, 0.15) is 0 Å². The zero-order chi connectivity index (χ0) is 18.1. The van der Waals surface area contributed by atoms with Crippen molar-refractivity contribution in [2.24, 2.45) is 0 Å². The first-order valence-electron chi connectivity index (χ1n) is 8.80. The highest BCUT2D eigenvalue weighted by Crippen LogP contribution is 2.34. The quantitative estimate of drug-likeness (QED) is 0.647. The van der Waals surface area contributed by atoms with Gasteiger partial charge in [0.15, 0.2) is 5.13 Å². The Labute approximate surface area is 156 Å². The van der Waals surface area contributed by atoms with Gasteiger partial charge in [0.25, 0.3) is 0 Å². The Morgan fingerprint density at radius 2 is 1.81 bits per heavy atom. The van der Waals surface area contributed by atoms with E-state index in [-0.39, 0.29) is 5.56 Å². The predicted molar refractivity (Wildman–Crippen MR) is 106 cm³/mol. The van der Waals surface area contributed by atoms with Gasteiger partial charge < -0.3 is 10.4 Å². The third-order valence-electron chi connectivity index (χ3n) is 4.80. The molecule has 1 heterocycles. The van der Waals surface area contributed by atoms with Crippen LogP contribution in [0.1, 0.15) is 39.2 Å². The molecule has 1 aliphatic carbocycles. The van der Waals surface area contributed by atoms with Gasteiger partial charge in [-0.3, -0.25) is 0 Å². The lowest BCUT2D eigenvalue weighted by atomic mass is 9.90. The van der Waals surface area contributed by atoms with E-state index in [9.17, 15) is 4.79 Å². The molecule has 26 heavy (non-hydrogen) atoms. The molecule has 132 valence electrons. The molecule has 4 rings (SSSR count). The number of aromatic carboxylic acids is 1.